The number of benzene rings is 2. The maximum Gasteiger partial charge on any atom is 0.140 e. The van der Waals surface area contributed by atoms with Gasteiger partial charge in [0, 0.05) is 11.8 Å². The maximum absolute atomic E-state index is 6.22. The molecule has 0 amide bonds. The van der Waals surface area contributed by atoms with E-state index < -0.39 is 0 Å². The number of fused-ring (bicyclic) bond motifs is 1. The van der Waals surface area contributed by atoms with E-state index in [1.54, 1.807) is 0 Å². The number of hydrogen-bond donors (Lipinski definition) is 0. The van der Waals surface area contributed by atoms with Crippen molar-refractivity contribution in [1.82, 2.24) is 9.97 Å². The third-order valence-corrected chi connectivity index (χ3v) is 3.85. The molecular weight excluding hydrogens is 280 g/mol. The Labute approximate surface area is 129 Å². The highest BCUT2D eigenvalue weighted by atomic mass is 35.5. The summed E-state index contributed by atoms with van der Waals surface area (Å²) in [6, 6.07) is 18.4. The van der Waals surface area contributed by atoms with E-state index in [4.69, 9.17) is 11.6 Å². The summed E-state index contributed by atoms with van der Waals surface area (Å²) in [7, 11) is 0. The second kappa shape index (κ2) is 6.68. The molecule has 3 aromatic rings. The molecule has 3 heteroatoms. The molecule has 106 valence electrons. The van der Waals surface area contributed by atoms with E-state index >= 15 is 0 Å². The third kappa shape index (κ3) is 3.59. The second-order valence-corrected chi connectivity index (χ2v) is 5.50. The lowest BCUT2D eigenvalue weighted by molar-refractivity contribution is 0.710. The molecule has 0 bridgehead atoms. The van der Waals surface area contributed by atoms with Crippen LogP contribution < -0.4 is 0 Å². The van der Waals surface area contributed by atoms with Crippen molar-refractivity contribution in [3.05, 3.63) is 71.1 Å². The number of halogens is 1. The van der Waals surface area contributed by atoms with Crippen LogP contribution in [0, 0.1) is 0 Å². The lowest BCUT2D eigenvalue weighted by Gasteiger charge is -2.04. The standard InChI is InChI=1S/C18H17ClN2/c19-18-15-11-5-6-12-16(15)20-17(21-18)13-7-4-10-14-8-2-1-3-9-14/h1-3,5-6,8-9,11-12H,4,7,10,13H2. The molecule has 0 aliphatic carbocycles. The summed E-state index contributed by atoms with van der Waals surface area (Å²) in [5.74, 6) is 0.840. The molecule has 0 aliphatic heterocycles. The van der Waals surface area contributed by atoms with Gasteiger partial charge in [-0.05, 0) is 37.0 Å². The molecule has 0 saturated heterocycles. The van der Waals surface area contributed by atoms with E-state index in [2.05, 4.69) is 40.3 Å². The van der Waals surface area contributed by atoms with Crippen molar-refractivity contribution in [2.75, 3.05) is 0 Å². The van der Waals surface area contributed by atoms with E-state index in [9.17, 15) is 0 Å². The zero-order valence-corrected chi connectivity index (χ0v) is 12.6. The van der Waals surface area contributed by atoms with Gasteiger partial charge in [-0.2, -0.15) is 0 Å². The Kier molecular flexibility index (Phi) is 4.46. The number of para-hydroxylation sites is 1. The first-order valence-electron chi connectivity index (χ1n) is 7.28. The zero-order chi connectivity index (χ0) is 14.5. The van der Waals surface area contributed by atoms with Crippen molar-refractivity contribution in [3.8, 4) is 0 Å². The summed E-state index contributed by atoms with van der Waals surface area (Å²) < 4.78 is 0. The van der Waals surface area contributed by atoms with Gasteiger partial charge in [0.15, 0.2) is 0 Å². The van der Waals surface area contributed by atoms with E-state index in [1.165, 1.54) is 5.56 Å². The lowest BCUT2D eigenvalue weighted by Crippen LogP contribution is -1.97. The van der Waals surface area contributed by atoms with Crippen LogP contribution in [0.3, 0.4) is 0 Å². The molecule has 1 aromatic heterocycles. The first kappa shape index (κ1) is 14.0. The van der Waals surface area contributed by atoms with Gasteiger partial charge in [0.25, 0.3) is 0 Å². The Hall–Kier alpha value is -1.93. The molecular formula is C18H17ClN2. The Balaban J connectivity index is 1.60. The largest absolute Gasteiger partial charge is 0.233 e. The fraction of sp³-hybridized carbons (Fsp3) is 0.222. The van der Waals surface area contributed by atoms with Gasteiger partial charge in [-0.1, -0.05) is 54.1 Å². The average Bonchev–Trinajstić information content (AvgIpc) is 2.53. The van der Waals surface area contributed by atoms with Gasteiger partial charge in [0.1, 0.15) is 11.0 Å². The fourth-order valence-corrected chi connectivity index (χ4v) is 2.71. The Morgan fingerprint density at radius 1 is 0.762 bits per heavy atom. The van der Waals surface area contributed by atoms with Crippen molar-refractivity contribution >= 4 is 22.5 Å². The van der Waals surface area contributed by atoms with Gasteiger partial charge < -0.3 is 0 Å². The third-order valence-electron chi connectivity index (χ3n) is 3.56. The molecule has 0 aliphatic rings. The van der Waals surface area contributed by atoms with Crippen molar-refractivity contribution in [2.45, 2.75) is 25.7 Å². The number of aryl methyl sites for hydroxylation is 2. The van der Waals surface area contributed by atoms with Crippen LogP contribution in [0.25, 0.3) is 10.9 Å². The van der Waals surface area contributed by atoms with Crippen LogP contribution in [0.5, 0.6) is 0 Å². The van der Waals surface area contributed by atoms with Crippen molar-refractivity contribution in [2.24, 2.45) is 0 Å². The monoisotopic (exact) mass is 296 g/mol. The quantitative estimate of drug-likeness (QED) is 0.497. The fourth-order valence-electron chi connectivity index (χ4n) is 2.45. The zero-order valence-electron chi connectivity index (χ0n) is 11.8. The lowest BCUT2D eigenvalue weighted by atomic mass is 10.1. The van der Waals surface area contributed by atoms with Gasteiger partial charge in [0.2, 0.25) is 0 Å². The number of nitrogens with zero attached hydrogens (tertiary/aromatic N) is 2. The minimum atomic E-state index is 0.554. The molecule has 21 heavy (non-hydrogen) atoms. The smallest absolute Gasteiger partial charge is 0.140 e. The molecule has 0 N–H and O–H groups in total. The molecule has 2 aromatic carbocycles. The van der Waals surface area contributed by atoms with Crippen molar-refractivity contribution < 1.29 is 0 Å². The van der Waals surface area contributed by atoms with E-state index in [0.29, 0.717) is 5.15 Å². The Morgan fingerprint density at radius 3 is 2.33 bits per heavy atom. The number of aromatic nitrogens is 2. The predicted molar refractivity (Wildman–Crippen MR) is 87.6 cm³/mol. The van der Waals surface area contributed by atoms with Crippen molar-refractivity contribution in [3.63, 3.8) is 0 Å². The summed E-state index contributed by atoms with van der Waals surface area (Å²) in [5, 5.41) is 1.48. The summed E-state index contributed by atoms with van der Waals surface area (Å²) in [6.07, 6.45) is 4.18. The van der Waals surface area contributed by atoms with Crippen LogP contribution in [0.4, 0.5) is 0 Å². The van der Waals surface area contributed by atoms with Crippen LogP contribution in [0.1, 0.15) is 24.2 Å². The van der Waals surface area contributed by atoms with Crippen molar-refractivity contribution in [1.29, 1.82) is 0 Å². The van der Waals surface area contributed by atoms with E-state index in [-0.39, 0.29) is 0 Å². The van der Waals surface area contributed by atoms with Crippen LogP contribution in [-0.4, -0.2) is 9.97 Å². The number of unbranched alkanes of at least 4 members (excludes halogenated alkanes) is 1. The van der Waals surface area contributed by atoms with Gasteiger partial charge >= 0.3 is 0 Å². The first-order valence-corrected chi connectivity index (χ1v) is 7.66. The number of hydrogen-bond acceptors (Lipinski definition) is 2. The molecule has 3 rings (SSSR count). The van der Waals surface area contributed by atoms with Gasteiger partial charge in [-0.3, -0.25) is 0 Å². The molecule has 2 nitrogen and oxygen atoms in total. The van der Waals surface area contributed by atoms with Crippen LogP contribution in [0.2, 0.25) is 5.15 Å². The molecule has 0 atom stereocenters. The van der Waals surface area contributed by atoms with E-state index in [0.717, 1.165) is 42.4 Å². The molecule has 0 unspecified atom stereocenters. The summed E-state index contributed by atoms with van der Waals surface area (Å²) in [4.78, 5) is 8.99. The molecule has 0 fully saturated rings. The van der Waals surface area contributed by atoms with Gasteiger partial charge in [-0.15, -0.1) is 0 Å². The average molecular weight is 297 g/mol. The summed E-state index contributed by atoms with van der Waals surface area (Å²) >= 11 is 6.22. The Morgan fingerprint density at radius 2 is 1.48 bits per heavy atom. The van der Waals surface area contributed by atoms with E-state index in [1.807, 2.05) is 24.3 Å². The Bertz CT molecular complexity index is 726. The molecule has 0 radical (unpaired) electrons. The normalized spacial score (nSPS) is 10.9. The summed E-state index contributed by atoms with van der Waals surface area (Å²) in [6.45, 7) is 0. The van der Waals surface area contributed by atoms with Crippen LogP contribution in [-0.2, 0) is 12.8 Å². The first-order chi connectivity index (χ1) is 10.3. The molecule has 0 spiro atoms. The highest BCUT2D eigenvalue weighted by Gasteiger charge is 2.05. The summed E-state index contributed by atoms with van der Waals surface area (Å²) in [5.41, 5.74) is 2.31. The maximum atomic E-state index is 6.22. The van der Waals surface area contributed by atoms with Crippen LogP contribution >= 0.6 is 11.6 Å². The van der Waals surface area contributed by atoms with Gasteiger partial charge in [0.05, 0.1) is 5.52 Å². The molecule has 0 saturated carbocycles. The second-order valence-electron chi connectivity index (χ2n) is 5.14. The predicted octanol–water partition coefficient (Wildman–Crippen LogP) is 4.85. The van der Waals surface area contributed by atoms with Gasteiger partial charge in [-0.25, -0.2) is 9.97 Å². The topological polar surface area (TPSA) is 25.8 Å². The molecule has 1 heterocycles. The SMILES string of the molecule is Clc1nc(CCCCc2ccccc2)nc2ccccc12. The minimum absolute atomic E-state index is 0.554. The number of rotatable bonds is 5. The minimum Gasteiger partial charge on any atom is -0.233 e. The highest BCUT2D eigenvalue weighted by molar-refractivity contribution is 6.34. The van der Waals surface area contributed by atoms with Crippen LogP contribution in [0.15, 0.2) is 54.6 Å². The highest BCUT2D eigenvalue weighted by Crippen LogP contribution is 2.20.